The second-order valence-electron chi connectivity index (χ2n) is 8.36. The summed E-state index contributed by atoms with van der Waals surface area (Å²) in [6.07, 6.45) is 2.23. The van der Waals surface area contributed by atoms with Crippen LogP contribution in [0.3, 0.4) is 0 Å². The molecule has 170 valence electrons. The van der Waals surface area contributed by atoms with Gasteiger partial charge in [-0.2, -0.15) is 0 Å². The van der Waals surface area contributed by atoms with Gasteiger partial charge >= 0.3 is 0 Å². The molecule has 1 aliphatic heterocycles. The molecule has 32 heavy (non-hydrogen) atoms. The first-order chi connectivity index (χ1) is 15.5. The van der Waals surface area contributed by atoms with E-state index in [1.54, 1.807) is 6.07 Å². The number of piperazine rings is 1. The Morgan fingerprint density at radius 3 is 2.50 bits per heavy atom. The van der Waals surface area contributed by atoms with Gasteiger partial charge in [0.1, 0.15) is 11.9 Å². The maximum atomic E-state index is 13.8. The van der Waals surface area contributed by atoms with Gasteiger partial charge in [-0.15, -0.1) is 0 Å². The maximum absolute atomic E-state index is 13.8. The third-order valence-electron chi connectivity index (χ3n) is 6.32. The average Bonchev–Trinajstić information content (AvgIpc) is 3.16. The summed E-state index contributed by atoms with van der Waals surface area (Å²) in [5.74, 6) is 1.05. The van der Waals surface area contributed by atoms with Gasteiger partial charge < -0.3 is 14.4 Å². The van der Waals surface area contributed by atoms with E-state index in [1.165, 1.54) is 0 Å². The van der Waals surface area contributed by atoms with E-state index in [0.717, 1.165) is 68.0 Å². The van der Waals surface area contributed by atoms with Gasteiger partial charge in [0.15, 0.2) is 0 Å². The van der Waals surface area contributed by atoms with E-state index < -0.39 is 0 Å². The van der Waals surface area contributed by atoms with Crippen LogP contribution in [0.15, 0.2) is 42.5 Å². The summed E-state index contributed by atoms with van der Waals surface area (Å²) >= 11 is 12.6. The number of hydrogen-bond donors (Lipinski definition) is 0. The number of benzene rings is 2. The molecule has 0 N–H and O–H groups in total. The van der Waals surface area contributed by atoms with E-state index in [9.17, 15) is 4.79 Å². The fourth-order valence-corrected chi connectivity index (χ4v) is 5.01. The Morgan fingerprint density at radius 2 is 1.81 bits per heavy atom. The van der Waals surface area contributed by atoms with Gasteiger partial charge in [0.2, 0.25) is 5.91 Å². The second kappa shape index (κ2) is 10.2. The van der Waals surface area contributed by atoms with Crippen LogP contribution in [-0.4, -0.2) is 58.0 Å². The Labute approximate surface area is 199 Å². The Balaban J connectivity index is 1.72. The summed E-state index contributed by atoms with van der Waals surface area (Å²) in [4.78, 5) is 23.1. The van der Waals surface area contributed by atoms with Crippen LogP contribution >= 0.6 is 23.2 Å². The van der Waals surface area contributed by atoms with Crippen molar-refractivity contribution in [1.29, 1.82) is 0 Å². The minimum absolute atomic E-state index is 0.189. The SMILES string of the molecule is CCC[C@@H](C(=O)N1CCN(CC)CC1)n1c(Cc2ccc(Cl)cc2Cl)nc2ccccc21. The number of halogens is 2. The van der Waals surface area contributed by atoms with Gasteiger partial charge in [-0.1, -0.05) is 61.7 Å². The van der Waals surface area contributed by atoms with E-state index in [2.05, 4.69) is 29.4 Å². The molecule has 0 aliphatic carbocycles. The van der Waals surface area contributed by atoms with Crippen molar-refractivity contribution in [3.8, 4) is 0 Å². The van der Waals surface area contributed by atoms with Crippen molar-refractivity contribution in [2.24, 2.45) is 0 Å². The molecule has 0 unspecified atom stereocenters. The average molecular weight is 473 g/mol. The molecule has 1 atom stereocenters. The third kappa shape index (κ3) is 4.80. The predicted molar refractivity (Wildman–Crippen MR) is 132 cm³/mol. The number of rotatable bonds is 7. The van der Waals surface area contributed by atoms with Crippen molar-refractivity contribution in [2.45, 2.75) is 39.2 Å². The fraction of sp³-hybridized carbons (Fsp3) is 0.440. The molecule has 3 aromatic rings. The number of amides is 1. The standard InChI is InChI=1S/C25H30Cl2N4O/c1-3-7-23(25(32)30-14-12-29(4-2)13-15-30)31-22-9-6-5-8-21(22)28-24(31)16-18-10-11-19(26)17-20(18)27/h5-6,8-11,17,23H,3-4,7,12-16H2,1-2H3/t23-/m0/s1. The van der Waals surface area contributed by atoms with E-state index in [0.29, 0.717) is 16.5 Å². The lowest BCUT2D eigenvalue weighted by atomic mass is 10.1. The largest absolute Gasteiger partial charge is 0.338 e. The molecule has 0 bridgehead atoms. The zero-order valence-corrected chi connectivity index (χ0v) is 20.2. The topological polar surface area (TPSA) is 41.4 Å². The van der Waals surface area contributed by atoms with Crippen LogP contribution in [0.25, 0.3) is 11.0 Å². The third-order valence-corrected chi connectivity index (χ3v) is 6.91. The molecule has 4 rings (SSSR count). The number of likely N-dealkylation sites (N-methyl/N-ethyl adjacent to an activating group) is 1. The zero-order chi connectivity index (χ0) is 22.7. The smallest absolute Gasteiger partial charge is 0.245 e. The van der Waals surface area contributed by atoms with E-state index in [4.69, 9.17) is 28.2 Å². The Bertz CT molecular complexity index is 1090. The second-order valence-corrected chi connectivity index (χ2v) is 9.21. The number of nitrogens with zero attached hydrogens (tertiary/aromatic N) is 4. The number of para-hydroxylation sites is 2. The van der Waals surface area contributed by atoms with Crippen LogP contribution in [-0.2, 0) is 11.2 Å². The van der Waals surface area contributed by atoms with Gasteiger partial charge in [-0.25, -0.2) is 4.98 Å². The van der Waals surface area contributed by atoms with Crippen LogP contribution in [0, 0.1) is 0 Å². The molecular formula is C25H30Cl2N4O. The minimum atomic E-state index is -0.276. The predicted octanol–water partition coefficient (Wildman–Crippen LogP) is 5.44. The lowest BCUT2D eigenvalue weighted by molar-refractivity contribution is -0.136. The van der Waals surface area contributed by atoms with Crippen LogP contribution in [0.4, 0.5) is 0 Å². The summed E-state index contributed by atoms with van der Waals surface area (Å²) in [7, 11) is 0. The van der Waals surface area contributed by atoms with E-state index in [-0.39, 0.29) is 11.9 Å². The molecule has 5 nitrogen and oxygen atoms in total. The lowest BCUT2D eigenvalue weighted by Gasteiger charge is -2.36. The van der Waals surface area contributed by atoms with Crippen molar-refractivity contribution in [3.05, 3.63) is 63.9 Å². The minimum Gasteiger partial charge on any atom is -0.338 e. The zero-order valence-electron chi connectivity index (χ0n) is 18.7. The molecule has 2 heterocycles. The summed E-state index contributed by atoms with van der Waals surface area (Å²) in [5, 5.41) is 1.22. The van der Waals surface area contributed by atoms with Crippen molar-refractivity contribution >= 4 is 40.1 Å². The molecule has 2 aromatic carbocycles. The monoisotopic (exact) mass is 472 g/mol. The van der Waals surface area contributed by atoms with Crippen molar-refractivity contribution in [2.75, 3.05) is 32.7 Å². The molecule has 0 radical (unpaired) electrons. The van der Waals surface area contributed by atoms with Gasteiger partial charge in [-0.05, 0) is 42.8 Å². The number of carbonyl (C=O) groups is 1. The quantitative estimate of drug-likeness (QED) is 0.459. The lowest BCUT2D eigenvalue weighted by Crippen LogP contribution is -2.50. The Kier molecular flexibility index (Phi) is 7.39. The van der Waals surface area contributed by atoms with Crippen molar-refractivity contribution in [1.82, 2.24) is 19.4 Å². The first kappa shape index (κ1) is 23.1. The van der Waals surface area contributed by atoms with E-state index in [1.807, 2.05) is 35.2 Å². The number of carbonyl (C=O) groups excluding carboxylic acids is 1. The van der Waals surface area contributed by atoms with Crippen LogP contribution in [0.2, 0.25) is 10.0 Å². The first-order valence-electron chi connectivity index (χ1n) is 11.4. The number of imidazole rings is 1. The highest BCUT2D eigenvalue weighted by Crippen LogP contribution is 2.30. The highest BCUT2D eigenvalue weighted by atomic mass is 35.5. The molecule has 1 amide bonds. The Hall–Kier alpha value is -2.08. The molecule has 0 spiro atoms. The molecule has 1 aromatic heterocycles. The van der Waals surface area contributed by atoms with Crippen LogP contribution in [0.5, 0.6) is 0 Å². The van der Waals surface area contributed by atoms with Crippen molar-refractivity contribution < 1.29 is 4.79 Å². The number of fused-ring (bicyclic) bond motifs is 1. The highest BCUT2D eigenvalue weighted by molar-refractivity contribution is 6.35. The normalized spacial score (nSPS) is 15.9. The number of aromatic nitrogens is 2. The first-order valence-corrected chi connectivity index (χ1v) is 12.2. The van der Waals surface area contributed by atoms with Crippen LogP contribution < -0.4 is 0 Å². The summed E-state index contributed by atoms with van der Waals surface area (Å²) in [5.41, 5.74) is 2.84. The molecule has 7 heteroatoms. The van der Waals surface area contributed by atoms with Gasteiger partial charge in [0, 0.05) is 42.6 Å². The van der Waals surface area contributed by atoms with Gasteiger partial charge in [-0.3, -0.25) is 4.79 Å². The molecular weight excluding hydrogens is 443 g/mol. The van der Waals surface area contributed by atoms with Crippen LogP contribution in [0.1, 0.15) is 44.1 Å². The fourth-order valence-electron chi connectivity index (χ4n) is 4.53. The number of hydrogen-bond acceptors (Lipinski definition) is 3. The van der Waals surface area contributed by atoms with Gasteiger partial charge in [0.25, 0.3) is 0 Å². The van der Waals surface area contributed by atoms with E-state index >= 15 is 0 Å². The summed E-state index contributed by atoms with van der Waals surface area (Å²) in [6.45, 7) is 8.74. The van der Waals surface area contributed by atoms with Gasteiger partial charge in [0.05, 0.1) is 11.0 Å². The Morgan fingerprint density at radius 1 is 1.06 bits per heavy atom. The highest BCUT2D eigenvalue weighted by Gasteiger charge is 2.30. The van der Waals surface area contributed by atoms with Crippen molar-refractivity contribution in [3.63, 3.8) is 0 Å². The molecule has 1 saturated heterocycles. The molecule has 1 fully saturated rings. The molecule has 0 saturated carbocycles. The summed E-state index contributed by atoms with van der Waals surface area (Å²) in [6, 6.07) is 13.3. The summed E-state index contributed by atoms with van der Waals surface area (Å²) < 4.78 is 2.15. The maximum Gasteiger partial charge on any atom is 0.245 e. The molecule has 1 aliphatic rings.